The molecule has 1 heterocycles. The summed E-state index contributed by atoms with van der Waals surface area (Å²) in [5.41, 5.74) is 3.74. The summed E-state index contributed by atoms with van der Waals surface area (Å²) in [6.45, 7) is 10.7. The highest BCUT2D eigenvalue weighted by Gasteiger charge is 2.04. The van der Waals surface area contributed by atoms with E-state index in [0.717, 1.165) is 36.2 Å². The molecule has 0 amide bonds. The van der Waals surface area contributed by atoms with Crippen molar-refractivity contribution >= 4 is 17.3 Å². The molecule has 1 aromatic heterocycles. The van der Waals surface area contributed by atoms with E-state index < -0.39 is 0 Å². The summed E-state index contributed by atoms with van der Waals surface area (Å²) in [5.74, 6) is 0.852. The molecule has 4 nitrogen and oxygen atoms in total. The van der Waals surface area contributed by atoms with Crippen molar-refractivity contribution in [1.82, 2.24) is 15.6 Å². The summed E-state index contributed by atoms with van der Waals surface area (Å²) >= 11 is 1.72. The average molecular weight is 331 g/mol. The molecule has 2 rings (SSSR count). The normalized spacial score (nSPS) is 11.6. The number of guanidine groups is 1. The van der Waals surface area contributed by atoms with Crippen LogP contribution in [0.1, 0.15) is 33.6 Å². The van der Waals surface area contributed by atoms with Crippen molar-refractivity contribution in [2.45, 2.75) is 40.7 Å². The van der Waals surface area contributed by atoms with Gasteiger partial charge in [0.15, 0.2) is 5.96 Å². The third-order valence-electron chi connectivity index (χ3n) is 3.62. The Balaban J connectivity index is 1.87. The first-order chi connectivity index (χ1) is 11.1. The second kappa shape index (κ2) is 8.67. The number of thiazole rings is 1. The van der Waals surface area contributed by atoms with Gasteiger partial charge in [-0.1, -0.05) is 29.8 Å². The third kappa shape index (κ3) is 5.67. The van der Waals surface area contributed by atoms with Gasteiger partial charge < -0.3 is 10.6 Å². The summed E-state index contributed by atoms with van der Waals surface area (Å²) in [5, 5.41) is 7.74. The molecule has 0 aliphatic heterocycles. The zero-order valence-corrected chi connectivity index (χ0v) is 15.3. The van der Waals surface area contributed by atoms with Gasteiger partial charge >= 0.3 is 0 Å². The highest BCUT2D eigenvalue weighted by Crippen LogP contribution is 2.16. The number of rotatable bonds is 6. The molecule has 0 aliphatic carbocycles. The van der Waals surface area contributed by atoms with Gasteiger partial charge in [0, 0.05) is 18.0 Å². The van der Waals surface area contributed by atoms with Crippen LogP contribution < -0.4 is 10.6 Å². The Morgan fingerprint density at radius 1 is 1.13 bits per heavy atom. The van der Waals surface area contributed by atoms with Gasteiger partial charge in [-0.2, -0.15) is 0 Å². The van der Waals surface area contributed by atoms with Crippen LogP contribution in [-0.2, 0) is 13.0 Å². The molecule has 0 unspecified atom stereocenters. The predicted molar refractivity (Wildman–Crippen MR) is 99.3 cm³/mol. The van der Waals surface area contributed by atoms with Crippen molar-refractivity contribution in [2.24, 2.45) is 4.99 Å². The molecular weight excluding hydrogens is 304 g/mol. The topological polar surface area (TPSA) is 49.3 Å². The van der Waals surface area contributed by atoms with Crippen LogP contribution in [0.4, 0.5) is 0 Å². The van der Waals surface area contributed by atoms with E-state index in [-0.39, 0.29) is 0 Å². The van der Waals surface area contributed by atoms with Gasteiger partial charge in [0.1, 0.15) is 5.01 Å². The number of nitrogens with one attached hydrogen (secondary N) is 2. The lowest BCUT2D eigenvalue weighted by Gasteiger charge is -2.11. The Kier molecular flexibility index (Phi) is 6.59. The monoisotopic (exact) mass is 330 g/mol. The lowest BCUT2D eigenvalue weighted by Crippen LogP contribution is -2.38. The van der Waals surface area contributed by atoms with Crippen LogP contribution in [0.2, 0.25) is 0 Å². The van der Waals surface area contributed by atoms with Gasteiger partial charge in [-0.05, 0) is 39.7 Å². The third-order valence-corrected chi connectivity index (χ3v) is 4.67. The summed E-state index contributed by atoms with van der Waals surface area (Å²) in [7, 11) is 0. The lowest BCUT2D eigenvalue weighted by atomic mass is 10.1. The van der Waals surface area contributed by atoms with E-state index in [4.69, 9.17) is 0 Å². The summed E-state index contributed by atoms with van der Waals surface area (Å²) in [6.07, 6.45) is 0.986. The fraction of sp³-hybridized carbons (Fsp3) is 0.444. The van der Waals surface area contributed by atoms with Crippen LogP contribution in [-0.4, -0.2) is 24.0 Å². The van der Waals surface area contributed by atoms with E-state index in [0.29, 0.717) is 6.54 Å². The first-order valence-electron chi connectivity index (χ1n) is 8.09. The maximum atomic E-state index is 4.63. The number of benzene rings is 1. The van der Waals surface area contributed by atoms with Crippen molar-refractivity contribution in [3.8, 4) is 0 Å². The number of hydrogen-bond acceptors (Lipinski definition) is 3. The molecule has 0 saturated carbocycles. The quantitative estimate of drug-likeness (QED) is 0.631. The lowest BCUT2D eigenvalue weighted by molar-refractivity contribution is 0.798. The Morgan fingerprint density at radius 2 is 1.87 bits per heavy atom. The highest BCUT2D eigenvalue weighted by atomic mass is 32.1. The molecular formula is C18H26N4S. The molecule has 0 saturated heterocycles. The second-order valence-corrected chi connectivity index (χ2v) is 6.89. The zero-order chi connectivity index (χ0) is 16.7. The maximum Gasteiger partial charge on any atom is 0.191 e. The van der Waals surface area contributed by atoms with Gasteiger partial charge in [0.05, 0.1) is 12.2 Å². The fourth-order valence-electron chi connectivity index (χ4n) is 2.18. The number of aliphatic imine (C=N–C) groups is 1. The van der Waals surface area contributed by atoms with Crippen molar-refractivity contribution in [3.63, 3.8) is 0 Å². The van der Waals surface area contributed by atoms with Crippen LogP contribution >= 0.6 is 11.3 Å². The molecule has 0 aliphatic rings. The van der Waals surface area contributed by atoms with Crippen LogP contribution in [0.3, 0.4) is 0 Å². The number of aromatic nitrogens is 1. The van der Waals surface area contributed by atoms with E-state index in [2.05, 4.69) is 65.6 Å². The molecule has 1 aromatic carbocycles. The smallest absolute Gasteiger partial charge is 0.191 e. The van der Waals surface area contributed by atoms with Gasteiger partial charge in [0.25, 0.3) is 0 Å². The molecule has 0 spiro atoms. The molecule has 0 bridgehead atoms. The number of aryl methyl sites for hydroxylation is 3. The Bertz CT molecular complexity index is 624. The van der Waals surface area contributed by atoms with Crippen molar-refractivity contribution < 1.29 is 0 Å². The summed E-state index contributed by atoms with van der Waals surface area (Å²) in [4.78, 5) is 10.4. The van der Waals surface area contributed by atoms with Crippen LogP contribution in [0.25, 0.3) is 0 Å². The first-order valence-corrected chi connectivity index (χ1v) is 8.90. The molecule has 23 heavy (non-hydrogen) atoms. The van der Waals surface area contributed by atoms with Crippen molar-refractivity contribution in [3.05, 3.63) is 51.0 Å². The first kappa shape index (κ1) is 17.5. The molecule has 124 valence electrons. The minimum Gasteiger partial charge on any atom is -0.357 e. The van der Waals surface area contributed by atoms with Crippen LogP contribution in [0.15, 0.2) is 29.3 Å². The van der Waals surface area contributed by atoms with E-state index in [1.165, 1.54) is 16.0 Å². The molecule has 2 aromatic rings. The van der Waals surface area contributed by atoms with Crippen molar-refractivity contribution in [2.75, 3.05) is 13.1 Å². The Morgan fingerprint density at radius 3 is 2.48 bits per heavy atom. The highest BCUT2D eigenvalue weighted by molar-refractivity contribution is 7.11. The number of hydrogen-bond donors (Lipinski definition) is 2. The van der Waals surface area contributed by atoms with E-state index >= 15 is 0 Å². The predicted octanol–water partition coefficient (Wildman–Crippen LogP) is 3.37. The molecule has 2 N–H and O–H groups in total. The van der Waals surface area contributed by atoms with Crippen LogP contribution in [0.5, 0.6) is 0 Å². The van der Waals surface area contributed by atoms with Gasteiger partial charge in [-0.3, -0.25) is 0 Å². The zero-order valence-electron chi connectivity index (χ0n) is 14.4. The standard InChI is InChI=1S/C18H26N4S/c1-5-19-18(21-12-17-22-14(3)15(4)23-17)20-11-10-16-8-6-13(2)7-9-16/h6-9H,5,10-12H2,1-4H3,(H2,19,20,21). The minimum atomic E-state index is 0.624. The van der Waals surface area contributed by atoms with Crippen molar-refractivity contribution in [1.29, 1.82) is 0 Å². The minimum absolute atomic E-state index is 0.624. The summed E-state index contributed by atoms with van der Waals surface area (Å²) in [6, 6.07) is 8.67. The van der Waals surface area contributed by atoms with E-state index in [1.807, 2.05) is 6.92 Å². The average Bonchev–Trinajstić information content (AvgIpc) is 2.85. The SMILES string of the molecule is CCNC(=NCc1nc(C)c(C)s1)NCCc1ccc(C)cc1. The second-order valence-electron chi connectivity index (χ2n) is 5.61. The fourth-order valence-corrected chi connectivity index (χ4v) is 3.03. The molecule has 0 fully saturated rings. The van der Waals surface area contributed by atoms with E-state index in [1.54, 1.807) is 11.3 Å². The van der Waals surface area contributed by atoms with Gasteiger partial charge in [-0.15, -0.1) is 11.3 Å². The number of nitrogens with zero attached hydrogens (tertiary/aromatic N) is 2. The van der Waals surface area contributed by atoms with Gasteiger partial charge in [-0.25, -0.2) is 9.98 Å². The molecule has 5 heteroatoms. The van der Waals surface area contributed by atoms with Gasteiger partial charge in [0.2, 0.25) is 0 Å². The Hall–Kier alpha value is -1.88. The molecule has 0 atom stereocenters. The van der Waals surface area contributed by atoms with Crippen LogP contribution in [0, 0.1) is 20.8 Å². The molecule has 0 radical (unpaired) electrons. The largest absolute Gasteiger partial charge is 0.357 e. The maximum absolute atomic E-state index is 4.63. The Labute approximate surface area is 143 Å². The van der Waals surface area contributed by atoms with E-state index in [9.17, 15) is 0 Å². The summed E-state index contributed by atoms with van der Waals surface area (Å²) < 4.78 is 0.